The van der Waals surface area contributed by atoms with E-state index in [0.29, 0.717) is 5.82 Å². The van der Waals surface area contributed by atoms with Gasteiger partial charge < -0.3 is 0 Å². The van der Waals surface area contributed by atoms with E-state index < -0.39 is 0 Å². The van der Waals surface area contributed by atoms with E-state index in [1.165, 1.54) is 4.68 Å². The van der Waals surface area contributed by atoms with Crippen LogP contribution in [0.3, 0.4) is 0 Å². The van der Waals surface area contributed by atoms with Crippen molar-refractivity contribution in [3.8, 4) is 5.82 Å². The number of aromatic nitrogens is 3. The fourth-order valence-corrected chi connectivity index (χ4v) is 1.65. The summed E-state index contributed by atoms with van der Waals surface area (Å²) >= 11 is 0. The van der Waals surface area contributed by atoms with Crippen LogP contribution in [0, 0.1) is 6.92 Å². The van der Waals surface area contributed by atoms with Gasteiger partial charge in [0.25, 0.3) is 5.56 Å². The second-order valence-corrected chi connectivity index (χ2v) is 3.40. The molecule has 0 amide bonds. The molecule has 4 heteroatoms. The summed E-state index contributed by atoms with van der Waals surface area (Å²) in [6.07, 6.45) is 2.41. The molecule has 0 bridgehead atoms. The molecule has 0 fully saturated rings. The van der Waals surface area contributed by atoms with Gasteiger partial charge in [0.15, 0.2) is 5.82 Å². The van der Waals surface area contributed by atoms with Crippen molar-refractivity contribution in [1.29, 1.82) is 0 Å². The first-order chi connectivity index (χ1) is 7.24. The average molecular weight is 203 g/mol. The zero-order chi connectivity index (χ0) is 10.8. The number of H-pyrrole nitrogens is 1. The van der Waals surface area contributed by atoms with Crippen molar-refractivity contribution in [1.82, 2.24) is 14.8 Å². The molecule has 0 aliphatic carbocycles. The summed E-state index contributed by atoms with van der Waals surface area (Å²) in [5, 5.41) is 3.02. The normalized spacial score (nSPS) is 10.5. The van der Waals surface area contributed by atoms with Crippen molar-refractivity contribution >= 4 is 0 Å². The highest BCUT2D eigenvalue weighted by atomic mass is 16.1. The molecule has 15 heavy (non-hydrogen) atoms. The van der Waals surface area contributed by atoms with E-state index in [1.54, 1.807) is 12.3 Å². The molecule has 0 aliphatic heterocycles. The van der Waals surface area contributed by atoms with Crippen LogP contribution in [0.2, 0.25) is 0 Å². The van der Waals surface area contributed by atoms with E-state index in [-0.39, 0.29) is 5.56 Å². The second kappa shape index (κ2) is 3.73. The van der Waals surface area contributed by atoms with Crippen molar-refractivity contribution < 1.29 is 0 Å². The van der Waals surface area contributed by atoms with Gasteiger partial charge >= 0.3 is 0 Å². The molecule has 0 saturated carbocycles. The Morgan fingerprint density at radius 2 is 2.27 bits per heavy atom. The van der Waals surface area contributed by atoms with Crippen LogP contribution >= 0.6 is 0 Å². The van der Waals surface area contributed by atoms with Crippen LogP contribution in [0.1, 0.15) is 18.2 Å². The third-order valence-corrected chi connectivity index (χ3v) is 2.43. The van der Waals surface area contributed by atoms with Crippen LogP contribution in [-0.2, 0) is 6.42 Å². The fraction of sp³-hybridized carbons (Fsp3) is 0.273. The van der Waals surface area contributed by atoms with Crippen molar-refractivity contribution in [2.75, 3.05) is 0 Å². The second-order valence-electron chi connectivity index (χ2n) is 3.40. The fourth-order valence-electron chi connectivity index (χ4n) is 1.65. The van der Waals surface area contributed by atoms with Gasteiger partial charge in [0, 0.05) is 17.5 Å². The largest absolute Gasteiger partial charge is 0.294 e. The van der Waals surface area contributed by atoms with Gasteiger partial charge in [0.2, 0.25) is 0 Å². The lowest BCUT2D eigenvalue weighted by atomic mass is 10.2. The quantitative estimate of drug-likeness (QED) is 0.802. The first-order valence-electron chi connectivity index (χ1n) is 4.96. The highest BCUT2D eigenvalue weighted by molar-refractivity contribution is 5.25. The maximum Gasteiger partial charge on any atom is 0.276 e. The average Bonchev–Trinajstić information content (AvgIpc) is 2.55. The molecule has 2 heterocycles. The molecule has 0 unspecified atom stereocenters. The molecule has 0 radical (unpaired) electrons. The Morgan fingerprint density at radius 1 is 1.47 bits per heavy atom. The number of rotatable bonds is 2. The molecule has 0 spiro atoms. The topological polar surface area (TPSA) is 50.7 Å². The lowest BCUT2D eigenvalue weighted by molar-refractivity contribution is 0.806. The smallest absolute Gasteiger partial charge is 0.276 e. The highest BCUT2D eigenvalue weighted by Crippen LogP contribution is 2.04. The Morgan fingerprint density at radius 3 is 2.80 bits per heavy atom. The number of nitrogens with one attached hydrogen (secondary N) is 1. The molecule has 2 aromatic heterocycles. The summed E-state index contributed by atoms with van der Waals surface area (Å²) in [7, 11) is 0. The van der Waals surface area contributed by atoms with Gasteiger partial charge in [-0.05, 0) is 25.5 Å². The molecule has 0 aliphatic rings. The van der Waals surface area contributed by atoms with Gasteiger partial charge in [-0.3, -0.25) is 9.89 Å². The Kier molecular flexibility index (Phi) is 2.41. The minimum absolute atomic E-state index is 0.00583. The van der Waals surface area contributed by atoms with E-state index in [0.717, 1.165) is 17.7 Å². The summed E-state index contributed by atoms with van der Waals surface area (Å²) in [6.45, 7) is 3.88. The SMILES string of the molecule is CCc1c(C)[nH]n(-c2ccccn2)c1=O. The van der Waals surface area contributed by atoms with E-state index in [4.69, 9.17) is 0 Å². The summed E-state index contributed by atoms with van der Waals surface area (Å²) in [5.74, 6) is 0.630. The number of pyridine rings is 1. The first kappa shape index (κ1) is 9.71. The number of aromatic amines is 1. The molecule has 1 N–H and O–H groups in total. The Labute approximate surface area is 87.6 Å². The number of aryl methyl sites for hydroxylation is 1. The Hall–Kier alpha value is -1.84. The van der Waals surface area contributed by atoms with Gasteiger partial charge in [0.1, 0.15) is 0 Å². The molecule has 0 atom stereocenters. The van der Waals surface area contributed by atoms with E-state index in [1.807, 2.05) is 26.0 Å². The van der Waals surface area contributed by atoms with Gasteiger partial charge in [0.05, 0.1) is 0 Å². The zero-order valence-electron chi connectivity index (χ0n) is 8.82. The molecule has 4 nitrogen and oxygen atoms in total. The van der Waals surface area contributed by atoms with Crippen molar-refractivity contribution in [2.24, 2.45) is 0 Å². The van der Waals surface area contributed by atoms with Crippen LogP contribution in [0.25, 0.3) is 5.82 Å². The maximum atomic E-state index is 11.9. The number of hydrogen-bond donors (Lipinski definition) is 1. The van der Waals surface area contributed by atoms with Crippen LogP contribution in [0.5, 0.6) is 0 Å². The molecular formula is C11H13N3O. The zero-order valence-corrected chi connectivity index (χ0v) is 8.82. The van der Waals surface area contributed by atoms with Crippen LogP contribution in [0.15, 0.2) is 29.2 Å². The minimum Gasteiger partial charge on any atom is -0.294 e. The van der Waals surface area contributed by atoms with E-state index in [9.17, 15) is 4.79 Å². The number of hydrogen-bond acceptors (Lipinski definition) is 2. The first-order valence-corrected chi connectivity index (χ1v) is 4.96. The Balaban J connectivity index is 2.61. The number of nitrogens with zero attached hydrogens (tertiary/aromatic N) is 2. The van der Waals surface area contributed by atoms with Crippen molar-refractivity contribution in [3.05, 3.63) is 46.0 Å². The molecule has 2 aromatic rings. The lowest BCUT2D eigenvalue weighted by Gasteiger charge is -1.98. The van der Waals surface area contributed by atoms with Crippen LogP contribution in [-0.4, -0.2) is 14.8 Å². The summed E-state index contributed by atoms with van der Waals surface area (Å²) in [5.41, 5.74) is 1.72. The highest BCUT2D eigenvalue weighted by Gasteiger charge is 2.10. The third-order valence-electron chi connectivity index (χ3n) is 2.43. The van der Waals surface area contributed by atoms with Gasteiger partial charge in [-0.25, -0.2) is 9.67 Å². The molecule has 0 aromatic carbocycles. The minimum atomic E-state index is -0.00583. The molecule has 0 saturated heterocycles. The predicted octanol–water partition coefficient (Wildman–Crippen LogP) is 1.43. The Bertz CT molecular complexity index is 510. The van der Waals surface area contributed by atoms with Crippen molar-refractivity contribution in [2.45, 2.75) is 20.3 Å². The van der Waals surface area contributed by atoms with Crippen LogP contribution < -0.4 is 5.56 Å². The van der Waals surface area contributed by atoms with Gasteiger partial charge in [-0.1, -0.05) is 13.0 Å². The summed E-state index contributed by atoms with van der Waals surface area (Å²) in [6, 6.07) is 5.48. The van der Waals surface area contributed by atoms with Crippen LogP contribution in [0.4, 0.5) is 0 Å². The van der Waals surface area contributed by atoms with E-state index in [2.05, 4.69) is 10.1 Å². The van der Waals surface area contributed by atoms with Gasteiger partial charge in [-0.2, -0.15) is 0 Å². The standard InChI is InChI=1S/C11H13N3O/c1-3-9-8(2)13-14(11(9)15)10-6-4-5-7-12-10/h4-7,13H,3H2,1-2H3. The molecule has 2 rings (SSSR count). The molecule has 78 valence electrons. The predicted molar refractivity (Wildman–Crippen MR) is 58.3 cm³/mol. The summed E-state index contributed by atoms with van der Waals surface area (Å²) in [4.78, 5) is 16.0. The monoisotopic (exact) mass is 203 g/mol. The maximum absolute atomic E-state index is 11.9. The van der Waals surface area contributed by atoms with E-state index >= 15 is 0 Å². The molecular weight excluding hydrogens is 190 g/mol. The summed E-state index contributed by atoms with van der Waals surface area (Å²) < 4.78 is 1.48. The van der Waals surface area contributed by atoms with Gasteiger partial charge in [-0.15, -0.1) is 0 Å². The lowest BCUT2D eigenvalue weighted by Crippen LogP contribution is -2.17. The van der Waals surface area contributed by atoms with Crippen molar-refractivity contribution in [3.63, 3.8) is 0 Å². The third kappa shape index (κ3) is 1.58.